The van der Waals surface area contributed by atoms with Crippen LogP contribution < -0.4 is 10.2 Å². The third kappa shape index (κ3) is 4.00. The van der Waals surface area contributed by atoms with Gasteiger partial charge in [-0.2, -0.15) is 0 Å². The Morgan fingerprint density at radius 2 is 1.78 bits per heavy atom. The molecule has 1 heterocycles. The molecule has 3 heteroatoms. The van der Waals surface area contributed by atoms with Crippen molar-refractivity contribution in [2.75, 3.05) is 51.7 Å². The van der Waals surface area contributed by atoms with E-state index in [0.717, 1.165) is 13.1 Å². The number of aryl methyl sites for hydroxylation is 1. The van der Waals surface area contributed by atoms with E-state index in [1.165, 1.54) is 43.7 Å². The standard InChI is InChI=1S/C15H25N3/c1-17(2)15-7-5-14(6-8-15)4-3-11-18-12-9-16-10-13-18/h5-8,16H,3-4,9-13H2,1-2H3. The summed E-state index contributed by atoms with van der Waals surface area (Å²) in [5.41, 5.74) is 2.73. The molecule has 2 rings (SSSR count). The largest absolute Gasteiger partial charge is 0.378 e. The molecule has 0 radical (unpaired) electrons. The molecule has 1 aromatic carbocycles. The van der Waals surface area contributed by atoms with Crippen LogP contribution in [-0.2, 0) is 6.42 Å². The SMILES string of the molecule is CN(C)c1ccc(CCCN2CCNCC2)cc1. The highest BCUT2D eigenvalue weighted by Crippen LogP contribution is 2.13. The smallest absolute Gasteiger partial charge is 0.0361 e. The zero-order chi connectivity index (χ0) is 12.8. The molecule has 0 unspecified atom stereocenters. The van der Waals surface area contributed by atoms with E-state index < -0.39 is 0 Å². The minimum atomic E-state index is 1.15. The van der Waals surface area contributed by atoms with E-state index in [1.807, 2.05) is 0 Å². The average molecular weight is 247 g/mol. The fraction of sp³-hybridized carbons (Fsp3) is 0.600. The Morgan fingerprint density at radius 1 is 1.11 bits per heavy atom. The van der Waals surface area contributed by atoms with Crippen LogP contribution >= 0.6 is 0 Å². The van der Waals surface area contributed by atoms with Crippen LogP contribution in [0.25, 0.3) is 0 Å². The number of hydrogen-bond donors (Lipinski definition) is 1. The van der Waals surface area contributed by atoms with Gasteiger partial charge in [0.2, 0.25) is 0 Å². The third-order valence-corrected chi connectivity index (χ3v) is 3.60. The molecule has 1 aliphatic rings. The lowest BCUT2D eigenvalue weighted by molar-refractivity contribution is 0.238. The molecule has 1 saturated heterocycles. The molecule has 0 saturated carbocycles. The summed E-state index contributed by atoms with van der Waals surface area (Å²) in [6.45, 7) is 5.95. The van der Waals surface area contributed by atoms with E-state index in [2.05, 4.69) is 53.5 Å². The van der Waals surface area contributed by atoms with Crippen molar-refractivity contribution in [3.63, 3.8) is 0 Å². The van der Waals surface area contributed by atoms with Crippen molar-refractivity contribution in [1.29, 1.82) is 0 Å². The van der Waals surface area contributed by atoms with E-state index in [1.54, 1.807) is 0 Å². The fourth-order valence-corrected chi connectivity index (χ4v) is 2.40. The lowest BCUT2D eigenvalue weighted by Crippen LogP contribution is -2.43. The first-order chi connectivity index (χ1) is 8.75. The Hall–Kier alpha value is -1.06. The molecule has 1 N–H and O–H groups in total. The maximum atomic E-state index is 3.39. The van der Waals surface area contributed by atoms with Gasteiger partial charge in [0.05, 0.1) is 0 Å². The van der Waals surface area contributed by atoms with Gasteiger partial charge in [-0.25, -0.2) is 0 Å². The van der Waals surface area contributed by atoms with E-state index in [-0.39, 0.29) is 0 Å². The quantitative estimate of drug-likeness (QED) is 0.852. The molecular formula is C15H25N3. The van der Waals surface area contributed by atoms with Gasteiger partial charge in [0.1, 0.15) is 0 Å². The number of hydrogen-bond acceptors (Lipinski definition) is 3. The minimum absolute atomic E-state index is 1.15. The zero-order valence-corrected chi connectivity index (χ0v) is 11.7. The molecule has 0 aromatic heterocycles. The predicted molar refractivity (Wildman–Crippen MR) is 78.4 cm³/mol. The maximum Gasteiger partial charge on any atom is 0.0361 e. The van der Waals surface area contributed by atoms with Gasteiger partial charge < -0.3 is 15.1 Å². The Morgan fingerprint density at radius 3 is 2.39 bits per heavy atom. The first kappa shape index (κ1) is 13.4. The highest BCUT2D eigenvalue weighted by atomic mass is 15.2. The molecule has 0 bridgehead atoms. The van der Waals surface area contributed by atoms with Crippen LogP contribution in [0.5, 0.6) is 0 Å². The molecule has 100 valence electrons. The Bertz CT molecular complexity index is 339. The number of rotatable bonds is 5. The van der Waals surface area contributed by atoms with Crippen LogP contribution in [0.15, 0.2) is 24.3 Å². The van der Waals surface area contributed by atoms with E-state index in [9.17, 15) is 0 Å². The van der Waals surface area contributed by atoms with Crippen molar-refractivity contribution in [3.05, 3.63) is 29.8 Å². The van der Waals surface area contributed by atoms with Crippen molar-refractivity contribution in [3.8, 4) is 0 Å². The second kappa shape index (κ2) is 6.76. The van der Waals surface area contributed by atoms with Gasteiger partial charge in [0.25, 0.3) is 0 Å². The summed E-state index contributed by atoms with van der Waals surface area (Å²) >= 11 is 0. The molecule has 0 amide bonds. The van der Waals surface area contributed by atoms with Gasteiger partial charge in [-0.1, -0.05) is 12.1 Å². The van der Waals surface area contributed by atoms with Crippen molar-refractivity contribution in [2.45, 2.75) is 12.8 Å². The molecular weight excluding hydrogens is 222 g/mol. The number of piperazine rings is 1. The summed E-state index contributed by atoms with van der Waals surface area (Å²) in [7, 11) is 4.17. The van der Waals surface area contributed by atoms with Crippen LogP contribution in [0, 0.1) is 0 Å². The van der Waals surface area contributed by atoms with Crippen LogP contribution in [0.1, 0.15) is 12.0 Å². The van der Waals surface area contributed by atoms with Crippen LogP contribution in [-0.4, -0.2) is 51.7 Å². The minimum Gasteiger partial charge on any atom is -0.378 e. The van der Waals surface area contributed by atoms with Gasteiger partial charge in [-0.3, -0.25) is 0 Å². The summed E-state index contributed by atoms with van der Waals surface area (Å²) in [5, 5.41) is 3.39. The van der Waals surface area contributed by atoms with Crippen molar-refractivity contribution in [1.82, 2.24) is 10.2 Å². The van der Waals surface area contributed by atoms with E-state index in [0.29, 0.717) is 0 Å². The summed E-state index contributed by atoms with van der Waals surface area (Å²) in [6, 6.07) is 8.93. The molecule has 0 atom stereocenters. The summed E-state index contributed by atoms with van der Waals surface area (Å²) in [4.78, 5) is 4.70. The third-order valence-electron chi connectivity index (χ3n) is 3.60. The average Bonchev–Trinajstić information content (AvgIpc) is 2.40. The van der Waals surface area contributed by atoms with Crippen molar-refractivity contribution < 1.29 is 0 Å². The van der Waals surface area contributed by atoms with E-state index in [4.69, 9.17) is 0 Å². The Kier molecular flexibility index (Phi) is 5.02. The summed E-state index contributed by atoms with van der Waals surface area (Å²) < 4.78 is 0. The normalized spacial score (nSPS) is 16.8. The molecule has 1 aromatic rings. The highest BCUT2D eigenvalue weighted by molar-refractivity contribution is 5.45. The maximum absolute atomic E-state index is 3.39. The Labute approximate surface area is 111 Å². The van der Waals surface area contributed by atoms with Crippen molar-refractivity contribution >= 4 is 5.69 Å². The van der Waals surface area contributed by atoms with Gasteiger partial charge >= 0.3 is 0 Å². The molecule has 1 fully saturated rings. The number of benzene rings is 1. The number of nitrogens with zero attached hydrogens (tertiary/aromatic N) is 2. The van der Waals surface area contributed by atoms with Crippen molar-refractivity contribution in [2.24, 2.45) is 0 Å². The summed E-state index contributed by atoms with van der Waals surface area (Å²) in [6.07, 6.45) is 2.46. The monoisotopic (exact) mass is 247 g/mol. The molecule has 0 aliphatic carbocycles. The van der Waals surface area contributed by atoms with E-state index >= 15 is 0 Å². The first-order valence-corrected chi connectivity index (χ1v) is 6.95. The summed E-state index contributed by atoms with van der Waals surface area (Å²) in [5.74, 6) is 0. The lowest BCUT2D eigenvalue weighted by Gasteiger charge is -2.27. The molecule has 0 spiro atoms. The van der Waals surface area contributed by atoms with Crippen LogP contribution in [0.3, 0.4) is 0 Å². The second-order valence-corrected chi connectivity index (χ2v) is 5.26. The Balaban J connectivity index is 1.72. The first-order valence-electron chi connectivity index (χ1n) is 6.95. The number of nitrogens with one attached hydrogen (secondary N) is 1. The van der Waals surface area contributed by atoms with Gasteiger partial charge in [-0.05, 0) is 37.1 Å². The van der Waals surface area contributed by atoms with Gasteiger partial charge in [0.15, 0.2) is 0 Å². The predicted octanol–water partition coefficient (Wildman–Crippen LogP) is 1.59. The lowest BCUT2D eigenvalue weighted by atomic mass is 10.1. The number of anilines is 1. The van der Waals surface area contributed by atoms with Crippen LogP contribution in [0.4, 0.5) is 5.69 Å². The molecule has 1 aliphatic heterocycles. The second-order valence-electron chi connectivity index (χ2n) is 5.26. The van der Waals surface area contributed by atoms with Crippen LogP contribution in [0.2, 0.25) is 0 Å². The van der Waals surface area contributed by atoms with Gasteiger partial charge in [0, 0.05) is 46.0 Å². The topological polar surface area (TPSA) is 18.5 Å². The van der Waals surface area contributed by atoms with Gasteiger partial charge in [-0.15, -0.1) is 0 Å². The molecule has 18 heavy (non-hydrogen) atoms. The molecule has 3 nitrogen and oxygen atoms in total. The highest BCUT2D eigenvalue weighted by Gasteiger charge is 2.08. The zero-order valence-electron chi connectivity index (χ0n) is 11.7. The fourth-order valence-electron chi connectivity index (χ4n) is 2.40.